The number of rotatable bonds is 5. The molecule has 0 saturated heterocycles. The Kier molecular flexibility index (Phi) is 6.72. The zero-order chi connectivity index (χ0) is 31.9. The minimum Gasteiger partial charge on any atom is -0.256 e. The maximum atomic E-state index is 5.06. The molecule has 0 atom stereocenters. The molecule has 0 amide bonds. The van der Waals surface area contributed by atoms with Crippen LogP contribution in [0.2, 0.25) is 0 Å². The largest absolute Gasteiger partial charge is 0.256 e. The van der Waals surface area contributed by atoms with Gasteiger partial charge in [0.1, 0.15) is 0 Å². The topological polar surface area (TPSA) is 64.5 Å². The van der Waals surface area contributed by atoms with Gasteiger partial charge in [0.25, 0.3) is 0 Å². The van der Waals surface area contributed by atoms with Crippen molar-refractivity contribution in [1.82, 2.24) is 24.9 Å². The van der Waals surface area contributed by atoms with E-state index in [0.717, 1.165) is 71.5 Å². The van der Waals surface area contributed by atoms with Gasteiger partial charge in [-0.05, 0) is 57.3 Å². The van der Waals surface area contributed by atoms with Gasteiger partial charge in [0, 0.05) is 39.9 Å². The lowest BCUT2D eigenvalue weighted by molar-refractivity contribution is 1.08. The van der Waals surface area contributed by atoms with Crippen molar-refractivity contribution in [2.24, 2.45) is 0 Å². The van der Waals surface area contributed by atoms with E-state index >= 15 is 0 Å². The number of pyridine rings is 2. The molecule has 0 saturated carbocycles. The summed E-state index contributed by atoms with van der Waals surface area (Å²) in [5, 5.41) is 4.48. The number of aromatic nitrogens is 5. The van der Waals surface area contributed by atoms with Crippen molar-refractivity contribution in [3.63, 3.8) is 0 Å². The summed E-state index contributed by atoms with van der Waals surface area (Å²) in [6, 6.07) is 52.1. The predicted octanol–water partition coefficient (Wildman–Crippen LogP) is 10.5. The normalized spacial score (nSPS) is 11.3. The van der Waals surface area contributed by atoms with Crippen LogP contribution in [0.15, 0.2) is 164 Å². The van der Waals surface area contributed by atoms with Gasteiger partial charge in [-0.3, -0.25) is 9.97 Å². The van der Waals surface area contributed by atoms with Crippen molar-refractivity contribution >= 4 is 32.6 Å². The first kappa shape index (κ1) is 27.7. The van der Waals surface area contributed by atoms with E-state index in [-0.39, 0.29) is 0 Å². The van der Waals surface area contributed by atoms with Crippen LogP contribution in [0.3, 0.4) is 0 Å². The Labute approximate surface area is 277 Å². The fourth-order valence-electron chi connectivity index (χ4n) is 6.47. The van der Waals surface area contributed by atoms with E-state index in [1.54, 1.807) is 0 Å². The fraction of sp³-hybridized carbons (Fsp3) is 0. The molecule has 0 aliphatic heterocycles. The van der Waals surface area contributed by atoms with Crippen LogP contribution >= 0.6 is 0 Å². The van der Waals surface area contributed by atoms with E-state index in [1.165, 1.54) is 0 Å². The molecule has 0 aliphatic carbocycles. The molecular formula is C43H27N5. The Bertz CT molecular complexity index is 2450. The molecule has 6 aromatic carbocycles. The highest BCUT2D eigenvalue weighted by atomic mass is 15.0. The molecule has 224 valence electrons. The van der Waals surface area contributed by atoms with Gasteiger partial charge in [0.2, 0.25) is 0 Å². The first-order chi connectivity index (χ1) is 23.8. The number of nitrogens with zero attached hydrogens (tertiary/aromatic N) is 5. The minimum absolute atomic E-state index is 0.623. The second-order valence-electron chi connectivity index (χ2n) is 11.7. The summed E-state index contributed by atoms with van der Waals surface area (Å²) in [7, 11) is 0. The zero-order valence-corrected chi connectivity index (χ0v) is 25.8. The van der Waals surface area contributed by atoms with Crippen LogP contribution in [-0.4, -0.2) is 24.9 Å². The number of fused-ring (bicyclic) bond motifs is 3. The van der Waals surface area contributed by atoms with Gasteiger partial charge in [-0.1, -0.05) is 127 Å². The summed E-state index contributed by atoms with van der Waals surface area (Å²) in [5.41, 5.74) is 9.26. The van der Waals surface area contributed by atoms with Gasteiger partial charge in [-0.15, -0.1) is 0 Å². The molecule has 5 nitrogen and oxygen atoms in total. The first-order valence-electron chi connectivity index (χ1n) is 15.9. The molecule has 0 bridgehead atoms. The maximum absolute atomic E-state index is 5.06. The van der Waals surface area contributed by atoms with Gasteiger partial charge in [0.15, 0.2) is 17.5 Å². The van der Waals surface area contributed by atoms with Crippen LogP contribution in [-0.2, 0) is 0 Å². The van der Waals surface area contributed by atoms with Crippen LogP contribution < -0.4 is 0 Å². The van der Waals surface area contributed by atoms with Gasteiger partial charge < -0.3 is 0 Å². The molecule has 0 fully saturated rings. The van der Waals surface area contributed by atoms with Crippen LogP contribution in [0, 0.1) is 0 Å². The highest BCUT2D eigenvalue weighted by molar-refractivity contribution is 5.97. The summed E-state index contributed by atoms with van der Waals surface area (Å²) < 4.78 is 0. The summed E-state index contributed by atoms with van der Waals surface area (Å²) >= 11 is 0. The summed E-state index contributed by atoms with van der Waals surface area (Å²) in [6.45, 7) is 0. The standard InChI is InChI=1S/C43H27N5/c1-2-10-33-28(8-1)9-7-13-38(33)43-47-41(31-20-16-29(17-21-31)34-24-26-44-39-14-5-3-11-36(34)39)46-42(48-43)32-22-18-30(19-23-32)35-25-27-45-40-15-6-4-12-37(35)40/h1-27H. The molecule has 0 spiro atoms. The van der Waals surface area contributed by atoms with E-state index in [4.69, 9.17) is 15.0 Å². The lowest BCUT2D eigenvalue weighted by Gasteiger charge is -2.12. The Morgan fingerprint density at radius 1 is 0.292 bits per heavy atom. The van der Waals surface area contributed by atoms with Gasteiger partial charge in [0.05, 0.1) is 11.0 Å². The molecule has 3 heterocycles. The van der Waals surface area contributed by atoms with Gasteiger partial charge in [-0.2, -0.15) is 0 Å². The second-order valence-corrected chi connectivity index (χ2v) is 11.7. The molecule has 0 radical (unpaired) electrons. The number of hydrogen-bond donors (Lipinski definition) is 0. The van der Waals surface area contributed by atoms with Gasteiger partial charge in [-0.25, -0.2) is 15.0 Å². The molecule has 3 aromatic heterocycles. The third kappa shape index (κ3) is 4.95. The van der Waals surface area contributed by atoms with Crippen LogP contribution in [0.4, 0.5) is 0 Å². The molecule has 5 heteroatoms. The van der Waals surface area contributed by atoms with Crippen molar-refractivity contribution in [1.29, 1.82) is 0 Å². The second kappa shape index (κ2) is 11.6. The van der Waals surface area contributed by atoms with E-state index in [2.05, 4.69) is 137 Å². The van der Waals surface area contributed by atoms with Crippen molar-refractivity contribution in [2.45, 2.75) is 0 Å². The average molecular weight is 614 g/mol. The highest BCUT2D eigenvalue weighted by Crippen LogP contribution is 2.33. The SMILES string of the molecule is c1ccc2c(-c3nc(-c4ccc(-c5ccnc6ccccc56)cc4)nc(-c4ccc(-c5ccnc6ccccc56)cc4)n3)cccc2c1. The van der Waals surface area contributed by atoms with E-state index in [1.807, 2.05) is 36.7 Å². The quantitative estimate of drug-likeness (QED) is 0.193. The molecule has 0 N–H and O–H groups in total. The van der Waals surface area contributed by atoms with Crippen molar-refractivity contribution < 1.29 is 0 Å². The molecule has 48 heavy (non-hydrogen) atoms. The summed E-state index contributed by atoms with van der Waals surface area (Å²) in [5.74, 6) is 1.89. The van der Waals surface area contributed by atoms with Crippen molar-refractivity contribution in [2.75, 3.05) is 0 Å². The minimum atomic E-state index is 0.623. The predicted molar refractivity (Wildman–Crippen MR) is 195 cm³/mol. The van der Waals surface area contributed by atoms with Crippen LogP contribution in [0.5, 0.6) is 0 Å². The third-order valence-electron chi connectivity index (χ3n) is 8.87. The zero-order valence-electron chi connectivity index (χ0n) is 25.8. The molecule has 0 aliphatic rings. The van der Waals surface area contributed by atoms with Gasteiger partial charge >= 0.3 is 0 Å². The number of hydrogen-bond acceptors (Lipinski definition) is 5. The average Bonchev–Trinajstić information content (AvgIpc) is 3.17. The Morgan fingerprint density at radius 2 is 0.729 bits per heavy atom. The van der Waals surface area contributed by atoms with E-state index in [9.17, 15) is 0 Å². The fourth-order valence-corrected chi connectivity index (χ4v) is 6.47. The summed E-state index contributed by atoms with van der Waals surface area (Å²) in [6.07, 6.45) is 3.73. The highest BCUT2D eigenvalue weighted by Gasteiger charge is 2.15. The van der Waals surface area contributed by atoms with Crippen LogP contribution in [0.1, 0.15) is 0 Å². The molecule has 0 unspecified atom stereocenters. The smallest absolute Gasteiger partial charge is 0.164 e. The molecular weight excluding hydrogens is 587 g/mol. The Hall–Kier alpha value is -6.59. The lowest BCUT2D eigenvalue weighted by Crippen LogP contribution is -2.00. The molecule has 9 aromatic rings. The number of para-hydroxylation sites is 2. The van der Waals surface area contributed by atoms with Crippen molar-refractivity contribution in [3.05, 3.63) is 164 Å². The first-order valence-corrected chi connectivity index (χ1v) is 15.9. The summed E-state index contributed by atoms with van der Waals surface area (Å²) in [4.78, 5) is 24.2. The Morgan fingerprint density at radius 3 is 1.29 bits per heavy atom. The Balaban J connectivity index is 1.16. The molecule has 9 rings (SSSR count). The van der Waals surface area contributed by atoms with E-state index < -0.39 is 0 Å². The van der Waals surface area contributed by atoms with E-state index in [0.29, 0.717) is 17.5 Å². The maximum Gasteiger partial charge on any atom is 0.164 e. The third-order valence-corrected chi connectivity index (χ3v) is 8.87. The monoisotopic (exact) mass is 613 g/mol. The van der Waals surface area contributed by atoms with Crippen LogP contribution in [0.25, 0.3) is 89.0 Å². The van der Waals surface area contributed by atoms with Crippen molar-refractivity contribution in [3.8, 4) is 56.4 Å². The lowest BCUT2D eigenvalue weighted by atomic mass is 9.99. The number of benzene rings is 6.